The first-order valence-corrected chi connectivity index (χ1v) is 6.17. The Morgan fingerprint density at radius 2 is 1.88 bits per heavy atom. The van der Waals surface area contributed by atoms with Gasteiger partial charge in [0.05, 0.1) is 12.0 Å². The van der Waals surface area contributed by atoms with Crippen molar-refractivity contribution in [3.63, 3.8) is 0 Å². The summed E-state index contributed by atoms with van der Waals surface area (Å²) in [7, 11) is 0. The van der Waals surface area contributed by atoms with Gasteiger partial charge in [0.25, 0.3) is 0 Å². The van der Waals surface area contributed by atoms with Crippen LogP contribution in [0.3, 0.4) is 0 Å². The highest BCUT2D eigenvalue weighted by atomic mass is 16.4. The normalized spacial score (nSPS) is 16.0. The van der Waals surface area contributed by atoms with E-state index in [2.05, 4.69) is 5.32 Å². The maximum Gasteiger partial charge on any atom is 0.306 e. The SMILES string of the molecule is CC[C@@H](N)C(=O)NC(C)CCCC(C)C(=O)O. The number of rotatable bonds is 8. The molecule has 5 heteroatoms. The average molecular weight is 244 g/mol. The molecule has 2 unspecified atom stereocenters. The molecule has 17 heavy (non-hydrogen) atoms. The van der Waals surface area contributed by atoms with E-state index in [1.54, 1.807) is 6.92 Å². The average Bonchev–Trinajstić information content (AvgIpc) is 2.27. The first-order chi connectivity index (χ1) is 7.88. The second-order valence-electron chi connectivity index (χ2n) is 4.59. The Labute approximate surface area is 103 Å². The molecule has 0 aromatic carbocycles. The maximum atomic E-state index is 11.5. The summed E-state index contributed by atoms with van der Waals surface area (Å²) in [5, 5.41) is 11.5. The van der Waals surface area contributed by atoms with Crippen molar-refractivity contribution in [1.29, 1.82) is 0 Å². The zero-order valence-corrected chi connectivity index (χ0v) is 10.9. The Morgan fingerprint density at radius 1 is 1.29 bits per heavy atom. The van der Waals surface area contributed by atoms with Gasteiger partial charge >= 0.3 is 5.97 Å². The number of hydrogen-bond acceptors (Lipinski definition) is 3. The predicted molar refractivity (Wildman–Crippen MR) is 66.5 cm³/mol. The van der Waals surface area contributed by atoms with Crippen molar-refractivity contribution in [2.75, 3.05) is 0 Å². The molecular formula is C12H24N2O3. The van der Waals surface area contributed by atoms with Crippen LogP contribution in [0, 0.1) is 5.92 Å². The molecule has 0 aliphatic carbocycles. The minimum atomic E-state index is -0.769. The van der Waals surface area contributed by atoms with E-state index in [9.17, 15) is 9.59 Å². The minimum Gasteiger partial charge on any atom is -0.481 e. The summed E-state index contributed by atoms with van der Waals surface area (Å²) in [6.07, 6.45) is 2.82. The van der Waals surface area contributed by atoms with Gasteiger partial charge in [-0.3, -0.25) is 9.59 Å². The third kappa shape index (κ3) is 6.94. The third-order valence-electron chi connectivity index (χ3n) is 2.86. The lowest BCUT2D eigenvalue weighted by atomic mass is 10.0. The van der Waals surface area contributed by atoms with Crippen molar-refractivity contribution in [1.82, 2.24) is 5.32 Å². The van der Waals surface area contributed by atoms with Crippen molar-refractivity contribution >= 4 is 11.9 Å². The fourth-order valence-corrected chi connectivity index (χ4v) is 1.46. The standard InChI is InChI=1S/C12H24N2O3/c1-4-10(13)11(15)14-9(3)7-5-6-8(2)12(16)17/h8-10H,4-7,13H2,1-3H3,(H,14,15)(H,16,17)/t8?,9?,10-/m1/s1. The maximum absolute atomic E-state index is 11.5. The van der Waals surface area contributed by atoms with Crippen molar-refractivity contribution in [3.8, 4) is 0 Å². The Bertz CT molecular complexity index is 256. The lowest BCUT2D eigenvalue weighted by Crippen LogP contribution is -2.44. The summed E-state index contributed by atoms with van der Waals surface area (Å²) < 4.78 is 0. The Hall–Kier alpha value is -1.10. The Morgan fingerprint density at radius 3 is 2.35 bits per heavy atom. The zero-order chi connectivity index (χ0) is 13.4. The number of carboxylic acids is 1. The van der Waals surface area contributed by atoms with Gasteiger partial charge in [0.2, 0.25) is 5.91 Å². The van der Waals surface area contributed by atoms with Gasteiger partial charge in [-0.25, -0.2) is 0 Å². The van der Waals surface area contributed by atoms with Gasteiger partial charge in [-0.05, 0) is 26.2 Å². The summed E-state index contributed by atoms with van der Waals surface area (Å²) in [6.45, 7) is 5.47. The second-order valence-corrected chi connectivity index (χ2v) is 4.59. The molecular weight excluding hydrogens is 220 g/mol. The number of carboxylic acid groups (broad SMARTS) is 1. The summed E-state index contributed by atoms with van der Waals surface area (Å²) >= 11 is 0. The quantitative estimate of drug-likeness (QED) is 0.596. The van der Waals surface area contributed by atoms with E-state index in [1.165, 1.54) is 0 Å². The van der Waals surface area contributed by atoms with Gasteiger partial charge in [-0.15, -0.1) is 0 Å². The van der Waals surface area contributed by atoms with Crippen molar-refractivity contribution < 1.29 is 14.7 Å². The first-order valence-electron chi connectivity index (χ1n) is 6.17. The Balaban J connectivity index is 3.76. The second kappa shape index (κ2) is 8.06. The number of hydrogen-bond donors (Lipinski definition) is 3. The lowest BCUT2D eigenvalue weighted by molar-refractivity contribution is -0.141. The number of nitrogens with two attached hydrogens (primary N) is 1. The number of nitrogens with one attached hydrogen (secondary N) is 1. The van der Waals surface area contributed by atoms with Gasteiger partial charge in [-0.2, -0.15) is 0 Å². The van der Waals surface area contributed by atoms with Gasteiger partial charge < -0.3 is 16.2 Å². The third-order valence-corrected chi connectivity index (χ3v) is 2.86. The molecule has 0 bridgehead atoms. The molecule has 100 valence electrons. The molecule has 5 nitrogen and oxygen atoms in total. The molecule has 4 N–H and O–H groups in total. The van der Waals surface area contributed by atoms with Crippen molar-refractivity contribution in [2.24, 2.45) is 11.7 Å². The number of aliphatic carboxylic acids is 1. The minimum absolute atomic E-state index is 0.0427. The smallest absolute Gasteiger partial charge is 0.306 e. The fourth-order valence-electron chi connectivity index (χ4n) is 1.46. The van der Waals surface area contributed by atoms with Crippen LogP contribution in [0.4, 0.5) is 0 Å². The molecule has 0 rings (SSSR count). The van der Waals surface area contributed by atoms with E-state index in [4.69, 9.17) is 10.8 Å². The number of carbonyl (C=O) groups excluding carboxylic acids is 1. The molecule has 0 saturated heterocycles. The van der Waals surface area contributed by atoms with Crippen LogP contribution in [0.5, 0.6) is 0 Å². The highest BCUT2D eigenvalue weighted by Crippen LogP contribution is 2.09. The van der Waals surface area contributed by atoms with Crippen LogP contribution in [0.2, 0.25) is 0 Å². The van der Waals surface area contributed by atoms with Gasteiger partial charge in [0.1, 0.15) is 0 Å². The van der Waals surface area contributed by atoms with E-state index < -0.39 is 12.0 Å². The van der Waals surface area contributed by atoms with E-state index in [0.717, 1.165) is 12.8 Å². The van der Waals surface area contributed by atoms with E-state index >= 15 is 0 Å². The zero-order valence-electron chi connectivity index (χ0n) is 10.9. The lowest BCUT2D eigenvalue weighted by Gasteiger charge is -2.17. The van der Waals surface area contributed by atoms with Crippen LogP contribution < -0.4 is 11.1 Å². The molecule has 0 aromatic rings. The van der Waals surface area contributed by atoms with Crippen LogP contribution in [0.15, 0.2) is 0 Å². The predicted octanol–water partition coefficient (Wildman–Crippen LogP) is 1.12. The van der Waals surface area contributed by atoms with Crippen molar-refractivity contribution in [3.05, 3.63) is 0 Å². The highest BCUT2D eigenvalue weighted by molar-refractivity contribution is 5.81. The van der Waals surface area contributed by atoms with E-state index in [0.29, 0.717) is 12.8 Å². The first kappa shape index (κ1) is 15.9. The van der Waals surface area contributed by atoms with Crippen LogP contribution >= 0.6 is 0 Å². The highest BCUT2D eigenvalue weighted by Gasteiger charge is 2.15. The molecule has 0 aliphatic heterocycles. The summed E-state index contributed by atoms with van der Waals surface area (Å²) in [4.78, 5) is 22.1. The summed E-state index contributed by atoms with van der Waals surface area (Å²) in [6, 6.07) is -0.406. The fraction of sp³-hybridized carbons (Fsp3) is 0.833. The monoisotopic (exact) mass is 244 g/mol. The largest absolute Gasteiger partial charge is 0.481 e. The molecule has 0 heterocycles. The van der Waals surface area contributed by atoms with Crippen LogP contribution in [-0.4, -0.2) is 29.1 Å². The molecule has 0 saturated carbocycles. The summed E-state index contributed by atoms with van der Waals surface area (Å²) in [5.74, 6) is -1.23. The molecule has 0 aromatic heterocycles. The van der Waals surface area contributed by atoms with Crippen LogP contribution in [0.25, 0.3) is 0 Å². The van der Waals surface area contributed by atoms with Crippen molar-refractivity contribution in [2.45, 2.75) is 58.5 Å². The molecule has 3 atom stereocenters. The number of amides is 1. The molecule has 0 spiro atoms. The van der Waals surface area contributed by atoms with Crippen LogP contribution in [0.1, 0.15) is 46.5 Å². The molecule has 0 aliphatic rings. The molecule has 0 radical (unpaired) electrons. The molecule has 0 fully saturated rings. The van der Waals surface area contributed by atoms with E-state index in [1.807, 2.05) is 13.8 Å². The number of carbonyl (C=O) groups is 2. The van der Waals surface area contributed by atoms with Gasteiger partial charge in [0.15, 0.2) is 0 Å². The van der Waals surface area contributed by atoms with Crippen LogP contribution in [-0.2, 0) is 9.59 Å². The van der Waals surface area contributed by atoms with E-state index in [-0.39, 0.29) is 17.9 Å². The topological polar surface area (TPSA) is 92.4 Å². The molecule has 1 amide bonds. The van der Waals surface area contributed by atoms with Gasteiger partial charge in [-0.1, -0.05) is 20.3 Å². The Kier molecular flexibility index (Phi) is 7.54. The van der Waals surface area contributed by atoms with Gasteiger partial charge in [0, 0.05) is 6.04 Å². The summed E-state index contributed by atoms with van der Waals surface area (Å²) in [5.41, 5.74) is 5.59.